The summed E-state index contributed by atoms with van der Waals surface area (Å²) in [4.78, 5) is 14.0. The molecule has 0 atom stereocenters. The third-order valence-corrected chi connectivity index (χ3v) is 4.42. The van der Waals surface area contributed by atoms with Crippen LogP contribution in [0.5, 0.6) is 0 Å². The Bertz CT molecular complexity index is 665. The molecule has 5 nitrogen and oxygen atoms in total. The van der Waals surface area contributed by atoms with Crippen LogP contribution < -0.4 is 10.2 Å². The lowest BCUT2D eigenvalue weighted by Gasteiger charge is -2.31. The van der Waals surface area contributed by atoms with Crippen molar-refractivity contribution in [1.82, 2.24) is 5.32 Å². The zero-order chi connectivity index (χ0) is 17.5. The highest BCUT2D eigenvalue weighted by Crippen LogP contribution is 2.20. The summed E-state index contributed by atoms with van der Waals surface area (Å²) in [5.74, 6) is 0. The van der Waals surface area contributed by atoms with Gasteiger partial charge < -0.3 is 20.1 Å². The van der Waals surface area contributed by atoms with Crippen LogP contribution in [-0.2, 0) is 17.9 Å². The largest absolute Gasteiger partial charge is 0.445 e. The molecule has 2 aromatic carbocycles. The van der Waals surface area contributed by atoms with Crippen molar-refractivity contribution in [3.63, 3.8) is 0 Å². The normalized spacial score (nSPS) is 15.0. The fraction of sp³-hybridized carbons (Fsp3) is 0.350. The Labute approximate surface area is 148 Å². The van der Waals surface area contributed by atoms with E-state index in [1.165, 1.54) is 0 Å². The number of benzene rings is 2. The van der Waals surface area contributed by atoms with Crippen LogP contribution in [-0.4, -0.2) is 30.4 Å². The first-order chi connectivity index (χ1) is 12.2. The van der Waals surface area contributed by atoms with E-state index in [9.17, 15) is 9.90 Å². The van der Waals surface area contributed by atoms with E-state index in [-0.39, 0.29) is 12.7 Å². The Morgan fingerprint density at radius 1 is 1.04 bits per heavy atom. The number of nitrogens with one attached hydrogen (secondary N) is 1. The van der Waals surface area contributed by atoms with E-state index in [4.69, 9.17) is 4.74 Å². The Balaban J connectivity index is 1.43. The molecule has 0 radical (unpaired) electrons. The third kappa shape index (κ3) is 5.22. The van der Waals surface area contributed by atoms with Crippen LogP contribution in [0.3, 0.4) is 0 Å². The van der Waals surface area contributed by atoms with E-state index in [1.54, 1.807) is 0 Å². The fourth-order valence-corrected chi connectivity index (χ4v) is 2.90. The summed E-state index contributed by atoms with van der Waals surface area (Å²) < 4.78 is 5.20. The number of anilines is 1. The number of aliphatic hydroxyl groups excluding tert-OH is 1. The predicted molar refractivity (Wildman–Crippen MR) is 97.4 cm³/mol. The molecule has 2 N–H and O–H groups in total. The summed E-state index contributed by atoms with van der Waals surface area (Å²) in [7, 11) is 0. The lowest BCUT2D eigenvalue weighted by Crippen LogP contribution is -2.35. The summed E-state index contributed by atoms with van der Waals surface area (Å²) in [6, 6.07) is 17.8. The van der Waals surface area contributed by atoms with E-state index >= 15 is 0 Å². The zero-order valence-corrected chi connectivity index (χ0v) is 14.2. The topological polar surface area (TPSA) is 61.8 Å². The van der Waals surface area contributed by atoms with Crippen molar-refractivity contribution in [1.29, 1.82) is 0 Å². The van der Waals surface area contributed by atoms with Crippen LogP contribution >= 0.6 is 0 Å². The van der Waals surface area contributed by atoms with Crippen LogP contribution in [0.1, 0.15) is 24.0 Å². The quantitative estimate of drug-likeness (QED) is 0.878. The third-order valence-electron chi connectivity index (χ3n) is 4.42. The molecule has 0 aliphatic carbocycles. The Morgan fingerprint density at radius 2 is 1.72 bits per heavy atom. The second kappa shape index (κ2) is 8.53. The fourth-order valence-electron chi connectivity index (χ4n) is 2.90. The van der Waals surface area contributed by atoms with Gasteiger partial charge in [0.25, 0.3) is 0 Å². The second-order valence-electron chi connectivity index (χ2n) is 6.30. The van der Waals surface area contributed by atoms with Crippen molar-refractivity contribution in [2.24, 2.45) is 0 Å². The molecule has 3 rings (SSSR count). The summed E-state index contributed by atoms with van der Waals surface area (Å²) >= 11 is 0. The van der Waals surface area contributed by atoms with Crippen LogP contribution in [0, 0.1) is 0 Å². The molecule has 25 heavy (non-hydrogen) atoms. The van der Waals surface area contributed by atoms with Gasteiger partial charge in [-0.3, -0.25) is 0 Å². The lowest BCUT2D eigenvalue weighted by atomic mass is 10.1. The Morgan fingerprint density at radius 3 is 2.40 bits per heavy atom. The molecule has 1 saturated heterocycles. The van der Waals surface area contributed by atoms with Gasteiger partial charge in [0.2, 0.25) is 0 Å². The molecule has 1 aliphatic heterocycles. The molecule has 1 amide bonds. The van der Waals surface area contributed by atoms with Crippen molar-refractivity contribution in [2.75, 3.05) is 18.0 Å². The first-order valence-corrected chi connectivity index (χ1v) is 8.67. The summed E-state index contributed by atoms with van der Waals surface area (Å²) in [6.45, 7) is 2.47. The molecule has 1 heterocycles. The number of hydrogen-bond donors (Lipinski definition) is 2. The number of aliphatic hydroxyl groups is 1. The van der Waals surface area contributed by atoms with Crippen molar-refractivity contribution >= 4 is 11.8 Å². The smallest absolute Gasteiger partial charge is 0.407 e. The van der Waals surface area contributed by atoms with Crippen molar-refractivity contribution in [3.05, 3.63) is 65.7 Å². The predicted octanol–water partition coefficient (Wildman–Crippen LogP) is 3.07. The lowest BCUT2D eigenvalue weighted by molar-refractivity contribution is 0.139. The Kier molecular flexibility index (Phi) is 5.90. The van der Waals surface area contributed by atoms with Gasteiger partial charge in [0.1, 0.15) is 6.61 Å². The summed E-state index contributed by atoms with van der Waals surface area (Å²) in [6.07, 6.45) is 1.05. The SMILES string of the molecule is O=C(NCc1ccc(N2CCC(O)CC2)cc1)OCc1ccccc1. The molecule has 0 bridgehead atoms. The molecule has 0 saturated carbocycles. The monoisotopic (exact) mass is 340 g/mol. The minimum atomic E-state index is -0.419. The highest BCUT2D eigenvalue weighted by atomic mass is 16.5. The van der Waals surface area contributed by atoms with Gasteiger partial charge in [0.05, 0.1) is 6.10 Å². The van der Waals surface area contributed by atoms with Gasteiger partial charge >= 0.3 is 6.09 Å². The highest BCUT2D eigenvalue weighted by Gasteiger charge is 2.17. The van der Waals surface area contributed by atoms with Gasteiger partial charge in [-0.2, -0.15) is 0 Å². The standard InChI is InChI=1S/C20H24N2O3/c23-19-10-12-22(13-11-19)18-8-6-16(7-9-18)14-21-20(24)25-15-17-4-2-1-3-5-17/h1-9,19,23H,10-15H2,(H,21,24). The first kappa shape index (κ1) is 17.3. The molecule has 0 aromatic heterocycles. The van der Waals surface area contributed by atoms with E-state index in [2.05, 4.69) is 22.3 Å². The summed E-state index contributed by atoms with van der Waals surface area (Å²) in [5.41, 5.74) is 3.15. The van der Waals surface area contributed by atoms with Crippen molar-refractivity contribution in [3.8, 4) is 0 Å². The number of amides is 1. The van der Waals surface area contributed by atoms with E-state index in [0.29, 0.717) is 6.54 Å². The maximum atomic E-state index is 11.8. The molecule has 1 aliphatic rings. The molecule has 0 spiro atoms. The average Bonchev–Trinajstić information content (AvgIpc) is 2.67. The molecule has 1 fully saturated rings. The highest BCUT2D eigenvalue weighted by molar-refractivity contribution is 5.67. The number of carbonyl (C=O) groups excluding carboxylic acids is 1. The second-order valence-corrected chi connectivity index (χ2v) is 6.30. The van der Waals surface area contributed by atoms with E-state index in [0.717, 1.165) is 42.7 Å². The first-order valence-electron chi connectivity index (χ1n) is 8.67. The van der Waals surface area contributed by atoms with Gasteiger partial charge in [-0.25, -0.2) is 4.79 Å². The minimum absolute atomic E-state index is 0.165. The average molecular weight is 340 g/mol. The van der Waals surface area contributed by atoms with Gasteiger partial charge in [-0.1, -0.05) is 42.5 Å². The van der Waals surface area contributed by atoms with Gasteiger partial charge in [0.15, 0.2) is 0 Å². The van der Waals surface area contributed by atoms with Gasteiger partial charge in [-0.05, 0) is 36.1 Å². The number of alkyl carbamates (subject to hydrolysis) is 1. The number of ether oxygens (including phenoxy) is 1. The van der Waals surface area contributed by atoms with Crippen molar-refractivity contribution < 1.29 is 14.6 Å². The number of hydrogen-bond acceptors (Lipinski definition) is 4. The molecule has 2 aromatic rings. The molecule has 0 unspecified atom stereocenters. The number of carbonyl (C=O) groups is 1. The Hall–Kier alpha value is -2.53. The van der Waals surface area contributed by atoms with Crippen LogP contribution in [0.2, 0.25) is 0 Å². The number of nitrogens with zero attached hydrogens (tertiary/aromatic N) is 1. The van der Waals surface area contributed by atoms with Crippen LogP contribution in [0.25, 0.3) is 0 Å². The zero-order valence-electron chi connectivity index (χ0n) is 14.2. The van der Waals surface area contributed by atoms with E-state index < -0.39 is 6.09 Å². The van der Waals surface area contributed by atoms with Crippen LogP contribution in [0.15, 0.2) is 54.6 Å². The number of rotatable bonds is 5. The maximum Gasteiger partial charge on any atom is 0.407 e. The van der Waals surface area contributed by atoms with Gasteiger partial charge in [-0.15, -0.1) is 0 Å². The van der Waals surface area contributed by atoms with Gasteiger partial charge in [0, 0.05) is 25.3 Å². The maximum absolute atomic E-state index is 11.8. The molecule has 132 valence electrons. The molecular weight excluding hydrogens is 316 g/mol. The summed E-state index contributed by atoms with van der Waals surface area (Å²) in [5, 5.41) is 12.3. The molecule has 5 heteroatoms. The van der Waals surface area contributed by atoms with E-state index in [1.807, 2.05) is 42.5 Å². The minimum Gasteiger partial charge on any atom is -0.445 e. The molecular formula is C20H24N2O3. The van der Waals surface area contributed by atoms with Crippen molar-refractivity contribution in [2.45, 2.75) is 32.1 Å². The van der Waals surface area contributed by atoms with Crippen LogP contribution in [0.4, 0.5) is 10.5 Å². The number of piperidine rings is 1.